The quantitative estimate of drug-likeness (QED) is 0.685. The van der Waals surface area contributed by atoms with Crippen LogP contribution in [0.4, 0.5) is 0 Å². The third-order valence-corrected chi connectivity index (χ3v) is 5.05. The van der Waals surface area contributed by atoms with Gasteiger partial charge in [0.1, 0.15) is 0 Å². The molecule has 0 bridgehead atoms. The number of hydrogen-bond donors (Lipinski definition) is 1. The van der Waals surface area contributed by atoms with Crippen molar-refractivity contribution in [3.8, 4) is 0 Å². The smallest absolute Gasteiger partial charge is 0.0593 e. The van der Waals surface area contributed by atoms with E-state index in [1.54, 1.807) is 0 Å². The Kier molecular flexibility index (Phi) is 5.67. The molecule has 0 aromatic heterocycles. The highest BCUT2D eigenvalue weighted by Gasteiger charge is 2.42. The summed E-state index contributed by atoms with van der Waals surface area (Å²) in [5, 5.41) is 3.85. The second-order valence-electron chi connectivity index (χ2n) is 6.36. The van der Waals surface area contributed by atoms with Gasteiger partial charge in [0.15, 0.2) is 0 Å². The summed E-state index contributed by atoms with van der Waals surface area (Å²) in [6.45, 7) is 12.1. The van der Waals surface area contributed by atoms with Gasteiger partial charge in [-0.3, -0.25) is 4.90 Å². The van der Waals surface area contributed by atoms with Crippen molar-refractivity contribution in [2.24, 2.45) is 5.92 Å². The van der Waals surface area contributed by atoms with E-state index in [1.807, 2.05) is 0 Å². The summed E-state index contributed by atoms with van der Waals surface area (Å²) in [6.07, 6.45) is 6.45. The van der Waals surface area contributed by atoms with Crippen LogP contribution in [0, 0.1) is 5.92 Å². The van der Waals surface area contributed by atoms with E-state index in [-0.39, 0.29) is 0 Å². The highest BCUT2D eigenvalue weighted by molar-refractivity contribution is 5.01. The maximum absolute atomic E-state index is 5.71. The molecule has 2 aliphatic rings. The Labute approximate surface area is 119 Å². The van der Waals surface area contributed by atoms with E-state index in [1.165, 1.54) is 38.8 Å². The number of nitrogens with zero attached hydrogens (tertiary/aromatic N) is 1. The van der Waals surface area contributed by atoms with Crippen LogP contribution in [0.15, 0.2) is 0 Å². The zero-order chi connectivity index (χ0) is 13.7. The second-order valence-corrected chi connectivity index (χ2v) is 6.36. The van der Waals surface area contributed by atoms with Gasteiger partial charge in [0, 0.05) is 37.8 Å². The molecule has 0 aromatic carbocycles. The van der Waals surface area contributed by atoms with Gasteiger partial charge in [-0.1, -0.05) is 20.8 Å². The Balaban J connectivity index is 1.88. The minimum atomic E-state index is 0.343. The van der Waals surface area contributed by atoms with Crippen LogP contribution in [0.2, 0.25) is 0 Å². The lowest BCUT2D eigenvalue weighted by molar-refractivity contribution is 0.0300. The first-order chi connectivity index (χ1) is 9.24. The van der Waals surface area contributed by atoms with Crippen LogP contribution in [-0.2, 0) is 4.74 Å². The molecule has 3 nitrogen and oxygen atoms in total. The molecule has 112 valence electrons. The molecule has 1 aliphatic heterocycles. The SMILES string of the molecule is CCCOCCN1CC(CC)(CC)NCC1C1CC1. The van der Waals surface area contributed by atoms with E-state index in [4.69, 9.17) is 4.74 Å². The molecule has 19 heavy (non-hydrogen) atoms. The second kappa shape index (κ2) is 7.05. The monoisotopic (exact) mass is 268 g/mol. The predicted molar refractivity (Wildman–Crippen MR) is 80.5 cm³/mol. The molecule has 1 N–H and O–H groups in total. The standard InChI is InChI=1S/C16H32N2O/c1-4-10-19-11-9-18-13-16(5-2,6-3)17-12-15(18)14-7-8-14/h14-15,17H,4-13H2,1-3H3. The zero-order valence-corrected chi connectivity index (χ0v) is 13.1. The van der Waals surface area contributed by atoms with E-state index in [9.17, 15) is 0 Å². The first-order valence-electron chi connectivity index (χ1n) is 8.31. The van der Waals surface area contributed by atoms with Gasteiger partial charge in [-0.05, 0) is 38.0 Å². The van der Waals surface area contributed by atoms with E-state index in [0.29, 0.717) is 5.54 Å². The molecule has 1 atom stereocenters. The Morgan fingerprint density at radius 2 is 1.89 bits per heavy atom. The first kappa shape index (κ1) is 15.3. The Hall–Kier alpha value is -0.120. The van der Waals surface area contributed by atoms with Crippen molar-refractivity contribution in [3.05, 3.63) is 0 Å². The molecular formula is C16H32N2O. The molecule has 1 aliphatic carbocycles. The summed E-state index contributed by atoms with van der Waals surface area (Å²) in [7, 11) is 0. The van der Waals surface area contributed by atoms with Gasteiger partial charge in [0.05, 0.1) is 6.61 Å². The maximum Gasteiger partial charge on any atom is 0.0593 e. The number of hydrogen-bond acceptors (Lipinski definition) is 3. The fourth-order valence-corrected chi connectivity index (χ4v) is 3.35. The van der Waals surface area contributed by atoms with Gasteiger partial charge in [-0.25, -0.2) is 0 Å². The summed E-state index contributed by atoms with van der Waals surface area (Å²) in [5.74, 6) is 0.949. The average Bonchev–Trinajstić information content (AvgIpc) is 3.28. The Bertz CT molecular complexity index is 261. The van der Waals surface area contributed by atoms with Gasteiger partial charge in [-0.15, -0.1) is 0 Å². The molecule has 0 radical (unpaired) electrons. The number of piperazine rings is 1. The molecule has 2 rings (SSSR count). The van der Waals surface area contributed by atoms with Crippen molar-refractivity contribution in [1.29, 1.82) is 0 Å². The highest BCUT2D eigenvalue weighted by Crippen LogP contribution is 2.38. The average molecular weight is 268 g/mol. The van der Waals surface area contributed by atoms with Crippen LogP contribution >= 0.6 is 0 Å². The Morgan fingerprint density at radius 3 is 2.47 bits per heavy atom. The molecule has 1 saturated heterocycles. The van der Waals surface area contributed by atoms with Crippen molar-refractivity contribution >= 4 is 0 Å². The molecule has 2 fully saturated rings. The van der Waals surface area contributed by atoms with Gasteiger partial charge >= 0.3 is 0 Å². The minimum absolute atomic E-state index is 0.343. The summed E-state index contributed by atoms with van der Waals surface area (Å²) >= 11 is 0. The van der Waals surface area contributed by atoms with Crippen molar-refractivity contribution in [2.45, 2.75) is 64.5 Å². The van der Waals surface area contributed by atoms with Crippen LogP contribution in [0.3, 0.4) is 0 Å². The largest absolute Gasteiger partial charge is 0.380 e. The van der Waals surface area contributed by atoms with Gasteiger partial charge in [-0.2, -0.15) is 0 Å². The summed E-state index contributed by atoms with van der Waals surface area (Å²) in [5.41, 5.74) is 0.343. The summed E-state index contributed by atoms with van der Waals surface area (Å²) in [6, 6.07) is 0.761. The van der Waals surface area contributed by atoms with E-state index in [2.05, 4.69) is 31.0 Å². The topological polar surface area (TPSA) is 24.5 Å². The van der Waals surface area contributed by atoms with Gasteiger partial charge in [0.2, 0.25) is 0 Å². The Morgan fingerprint density at radius 1 is 1.16 bits per heavy atom. The first-order valence-corrected chi connectivity index (χ1v) is 8.31. The van der Waals surface area contributed by atoms with Crippen LogP contribution in [-0.4, -0.2) is 49.3 Å². The normalized spacial score (nSPS) is 27.6. The van der Waals surface area contributed by atoms with Gasteiger partial charge < -0.3 is 10.1 Å². The lowest BCUT2D eigenvalue weighted by Gasteiger charge is -2.48. The third-order valence-electron chi connectivity index (χ3n) is 5.05. The van der Waals surface area contributed by atoms with Crippen LogP contribution in [0.1, 0.15) is 52.9 Å². The minimum Gasteiger partial charge on any atom is -0.380 e. The molecule has 0 spiro atoms. The van der Waals surface area contributed by atoms with Gasteiger partial charge in [0.25, 0.3) is 0 Å². The number of rotatable bonds is 8. The number of nitrogens with one attached hydrogen (secondary N) is 1. The van der Waals surface area contributed by atoms with Crippen molar-refractivity contribution < 1.29 is 4.74 Å². The predicted octanol–water partition coefficient (Wildman–Crippen LogP) is 2.66. The maximum atomic E-state index is 5.71. The van der Waals surface area contributed by atoms with Crippen LogP contribution in [0.5, 0.6) is 0 Å². The van der Waals surface area contributed by atoms with Crippen molar-refractivity contribution in [3.63, 3.8) is 0 Å². The van der Waals surface area contributed by atoms with E-state index in [0.717, 1.165) is 38.1 Å². The third kappa shape index (κ3) is 3.93. The van der Waals surface area contributed by atoms with Crippen LogP contribution in [0.25, 0.3) is 0 Å². The molecule has 1 unspecified atom stereocenters. The van der Waals surface area contributed by atoms with Crippen molar-refractivity contribution in [1.82, 2.24) is 10.2 Å². The van der Waals surface area contributed by atoms with Crippen LogP contribution < -0.4 is 5.32 Å². The molecule has 3 heteroatoms. The molecule has 1 heterocycles. The molecule has 1 saturated carbocycles. The summed E-state index contributed by atoms with van der Waals surface area (Å²) < 4.78 is 5.71. The van der Waals surface area contributed by atoms with E-state index >= 15 is 0 Å². The zero-order valence-electron chi connectivity index (χ0n) is 13.1. The fourth-order valence-electron chi connectivity index (χ4n) is 3.35. The molecular weight excluding hydrogens is 236 g/mol. The highest BCUT2D eigenvalue weighted by atomic mass is 16.5. The summed E-state index contributed by atoms with van der Waals surface area (Å²) in [4.78, 5) is 2.72. The molecule has 0 amide bonds. The lowest BCUT2D eigenvalue weighted by Crippen LogP contribution is -2.64. The molecule has 0 aromatic rings. The van der Waals surface area contributed by atoms with E-state index < -0.39 is 0 Å². The fraction of sp³-hybridized carbons (Fsp3) is 1.00. The lowest BCUT2D eigenvalue weighted by atomic mass is 9.87. The number of ether oxygens (including phenoxy) is 1. The van der Waals surface area contributed by atoms with Crippen molar-refractivity contribution in [2.75, 3.05) is 32.8 Å².